The van der Waals surface area contributed by atoms with Crippen LogP contribution in [-0.2, 0) is 4.74 Å². The molecule has 0 amide bonds. The number of nitrogens with one attached hydrogen (secondary N) is 1. The van der Waals surface area contributed by atoms with E-state index in [-0.39, 0.29) is 6.10 Å². The van der Waals surface area contributed by atoms with Crippen molar-refractivity contribution in [1.29, 1.82) is 0 Å². The maximum atomic E-state index is 5.98. The van der Waals surface area contributed by atoms with Gasteiger partial charge in [-0.2, -0.15) is 0 Å². The van der Waals surface area contributed by atoms with Gasteiger partial charge in [0.05, 0.1) is 25.4 Å². The minimum Gasteiger partial charge on any atom is -0.494 e. The van der Waals surface area contributed by atoms with Crippen molar-refractivity contribution in [2.45, 2.75) is 32.4 Å². The van der Waals surface area contributed by atoms with Crippen LogP contribution in [0.4, 0.5) is 0 Å². The van der Waals surface area contributed by atoms with Crippen LogP contribution in [0.5, 0.6) is 5.75 Å². The molecule has 1 aliphatic rings. The van der Waals surface area contributed by atoms with Crippen LogP contribution in [0.25, 0.3) is 0 Å². The average Bonchev–Trinajstić information content (AvgIpc) is 2.53. The summed E-state index contributed by atoms with van der Waals surface area (Å²) < 4.78 is 11.6. The average molecular weight is 292 g/mol. The minimum atomic E-state index is 0.200. The van der Waals surface area contributed by atoms with E-state index in [0.717, 1.165) is 45.0 Å². The lowest BCUT2D eigenvalue weighted by molar-refractivity contribution is -0.0686. The fourth-order valence-corrected chi connectivity index (χ4v) is 2.92. The van der Waals surface area contributed by atoms with Crippen LogP contribution in [0.15, 0.2) is 24.3 Å². The monoisotopic (exact) mass is 292 g/mol. The third-order valence-corrected chi connectivity index (χ3v) is 3.96. The normalized spacial score (nSPS) is 23.2. The second-order valence-electron chi connectivity index (χ2n) is 5.46. The molecule has 1 aromatic rings. The SMILES string of the molecule is CCCOc1ccc(C2C(CNC)OCCN2CC)cc1. The Labute approximate surface area is 128 Å². The summed E-state index contributed by atoms with van der Waals surface area (Å²) >= 11 is 0. The van der Waals surface area contributed by atoms with E-state index in [2.05, 4.69) is 48.3 Å². The Hall–Kier alpha value is -1.10. The molecule has 1 saturated heterocycles. The highest BCUT2D eigenvalue weighted by Gasteiger charge is 2.32. The Balaban J connectivity index is 2.14. The molecule has 1 aliphatic heterocycles. The van der Waals surface area contributed by atoms with E-state index in [1.54, 1.807) is 0 Å². The topological polar surface area (TPSA) is 33.7 Å². The Kier molecular flexibility index (Phi) is 6.49. The van der Waals surface area contributed by atoms with Crippen LogP contribution in [-0.4, -0.2) is 50.9 Å². The first kappa shape index (κ1) is 16.3. The number of likely N-dealkylation sites (N-methyl/N-ethyl adjacent to an activating group) is 2. The van der Waals surface area contributed by atoms with Gasteiger partial charge in [-0.1, -0.05) is 26.0 Å². The predicted octanol–water partition coefficient (Wildman–Crippen LogP) is 2.46. The van der Waals surface area contributed by atoms with E-state index in [0.29, 0.717) is 6.04 Å². The second-order valence-corrected chi connectivity index (χ2v) is 5.46. The molecule has 0 saturated carbocycles. The first-order chi connectivity index (χ1) is 10.3. The third-order valence-electron chi connectivity index (χ3n) is 3.96. The maximum absolute atomic E-state index is 5.98. The van der Waals surface area contributed by atoms with Gasteiger partial charge in [0.25, 0.3) is 0 Å². The summed E-state index contributed by atoms with van der Waals surface area (Å²) in [5.74, 6) is 0.950. The first-order valence-electron chi connectivity index (χ1n) is 8.03. The van der Waals surface area contributed by atoms with Gasteiger partial charge in [-0.05, 0) is 37.7 Å². The molecule has 0 aromatic heterocycles. The van der Waals surface area contributed by atoms with E-state index >= 15 is 0 Å². The molecular weight excluding hydrogens is 264 g/mol. The lowest BCUT2D eigenvalue weighted by Gasteiger charge is -2.41. The Morgan fingerprint density at radius 1 is 1.29 bits per heavy atom. The Bertz CT molecular complexity index is 406. The van der Waals surface area contributed by atoms with E-state index in [1.807, 2.05) is 7.05 Å². The highest BCUT2D eigenvalue weighted by atomic mass is 16.5. The van der Waals surface area contributed by atoms with E-state index in [1.165, 1.54) is 5.56 Å². The van der Waals surface area contributed by atoms with Crippen molar-refractivity contribution in [1.82, 2.24) is 10.2 Å². The lowest BCUT2D eigenvalue weighted by Crippen LogP contribution is -2.48. The van der Waals surface area contributed by atoms with Crippen molar-refractivity contribution in [3.8, 4) is 5.75 Å². The molecule has 1 aromatic carbocycles. The number of benzene rings is 1. The van der Waals surface area contributed by atoms with Gasteiger partial charge in [-0.15, -0.1) is 0 Å². The number of rotatable bonds is 7. The van der Waals surface area contributed by atoms with Crippen LogP contribution in [0.2, 0.25) is 0 Å². The number of hydrogen-bond donors (Lipinski definition) is 1. The number of nitrogens with zero attached hydrogens (tertiary/aromatic N) is 1. The lowest BCUT2D eigenvalue weighted by atomic mass is 9.97. The summed E-state index contributed by atoms with van der Waals surface area (Å²) in [4.78, 5) is 2.49. The van der Waals surface area contributed by atoms with Gasteiger partial charge >= 0.3 is 0 Å². The van der Waals surface area contributed by atoms with Gasteiger partial charge < -0.3 is 14.8 Å². The van der Waals surface area contributed by atoms with Gasteiger partial charge in [0.15, 0.2) is 0 Å². The van der Waals surface area contributed by atoms with Crippen molar-refractivity contribution in [3.05, 3.63) is 29.8 Å². The molecule has 4 heteroatoms. The molecule has 1 N–H and O–H groups in total. The minimum absolute atomic E-state index is 0.200. The quantitative estimate of drug-likeness (QED) is 0.837. The number of ether oxygens (including phenoxy) is 2. The summed E-state index contributed by atoms with van der Waals surface area (Å²) in [6.07, 6.45) is 1.23. The number of hydrogen-bond acceptors (Lipinski definition) is 4. The number of morpholine rings is 1. The largest absolute Gasteiger partial charge is 0.494 e. The van der Waals surface area contributed by atoms with Crippen LogP contribution in [0.1, 0.15) is 31.9 Å². The smallest absolute Gasteiger partial charge is 0.119 e. The van der Waals surface area contributed by atoms with Crippen molar-refractivity contribution in [3.63, 3.8) is 0 Å². The molecular formula is C17H28N2O2. The zero-order valence-electron chi connectivity index (χ0n) is 13.5. The molecule has 0 radical (unpaired) electrons. The van der Waals surface area contributed by atoms with Gasteiger partial charge in [0.2, 0.25) is 0 Å². The Morgan fingerprint density at radius 3 is 2.67 bits per heavy atom. The molecule has 21 heavy (non-hydrogen) atoms. The van der Waals surface area contributed by atoms with Gasteiger partial charge in [-0.25, -0.2) is 0 Å². The molecule has 4 nitrogen and oxygen atoms in total. The summed E-state index contributed by atoms with van der Waals surface area (Å²) in [5.41, 5.74) is 1.31. The van der Waals surface area contributed by atoms with Crippen LogP contribution >= 0.6 is 0 Å². The molecule has 0 aliphatic carbocycles. The van der Waals surface area contributed by atoms with E-state index < -0.39 is 0 Å². The zero-order valence-corrected chi connectivity index (χ0v) is 13.5. The summed E-state index contributed by atoms with van der Waals surface area (Å²) in [6, 6.07) is 8.82. The van der Waals surface area contributed by atoms with Crippen molar-refractivity contribution in [2.75, 3.05) is 39.9 Å². The molecule has 2 unspecified atom stereocenters. The van der Waals surface area contributed by atoms with Gasteiger partial charge in [-0.3, -0.25) is 4.90 Å². The zero-order chi connectivity index (χ0) is 15.1. The highest BCUT2D eigenvalue weighted by Crippen LogP contribution is 2.30. The summed E-state index contributed by atoms with van der Waals surface area (Å²) in [5, 5.41) is 3.24. The van der Waals surface area contributed by atoms with Crippen LogP contribution < -0.4 is 10.1 Å². The van der Waals surface area contributed by atoms with Crippen LogP contribution in [0.3, 0.4) is 0 Å². The standard InChI is InChI=1S/C17H28N2O2/c1-4-11-20-15-8-6-14(7-9-15)17-16(13-18-3)21-12-10-19(17)5-2/h6-9,16-18H,4-5,10-13H2,1-3H3. The van der Waals surface area contributed by atoms with Gasteiger partial charge in [0, 0.05) is 13.1 Å². The van der Waals surface area contributed by atoms with E-state index in [9.17, 15) is 0 Å². The third kappa shape index (κ3) is 4.19. The van der Waals surface area contributed by atoms with Crippen molar-refractivity contribution < 1.29 is 9.47 Å². The van der Waals surface area contributed by atoms with Crippen LogP contribution in [0, 0.1) is 0 Å². The summed E-state index contributed by atoms with van der Waals surface area (Å²) in [6.45, 7) is 8.83. The molecule has 2 rings (SSSR count). The highest BCUT2D eigenvalue weighted by molar-refractivity contribution is 5.30. The maximum Gasteiger partial charge on any atom is 0.119 e. The first-order valence-corrected chi connectivity index (χ1v) is 8.03. The van der Waals surface area contributed by atoms with Crippen molar-refractivity contribution >= 4 is 0 Å². The second kappa shape index (κ2) is 8.37. The molecule has 0 bridgehead atoms. The molecule has 2 atom stereocenters. The summed E-state index contributed by atoms with van der Waals surface area (Å²) in [7, 11) is 1.98. The molecule has 118 valence electrons. The Morgan fingerprint density at radius 2 is 2.05 bits per heavy atom. The molecule has 1 heterocycles. The van der Waals surface area contributed by atoms with Crippen molar-refractivity contribution in [2.24, 2.45) is 0 Å². The molecule has 0 spiro atoms. The predicted molar refractivity (Wildman–Crippen MR) is 85.9 cm³/mol. The fraction of sp³-hybridized carbons (Fsp3) is 0.647. The van der Waals surface area contributed by atoms with Gasteiger partial charge in [0.1, 0.15) is 5.75 Å². The molecule has 1 fully saturated rings. The van der Waals surface area contributed by atoms with E-state index in [4.69, 9.17) is 9.47 Å². The fourth-order valence-electron chi connectivity index (χ4n) is 2.92.